The maximum absolute atomic E-state index is 13.2. The molecule has 1 aliphatic heterocycles. The zero-order valence-corrected chi connectivity index (χ0v) is 13.1. The Morgan fingerprint density at radius 2 is 1.83 bits per heavy atom. The van der Waals surface area contributed by atoms with Gasteiger partial charge in [-0.25, -0.2) is 8.78 Å². The highest BCUT2D eigenvalue weighted by Crippen LogP contribution is 2.26. The second-order valence-corrected chi connectivity index (χ2v) is 5.86. The monoisotopic (exact) mass is 330 g/mol. The number of aryl methyl sites for hydroxylation is 1. The number of carbonyl (C=O) groups excluding carboxylic acids is 2. The summed E-state index contributed by atoms with van der Waals surface area (Å²) in [7, 11) is 0. The molecule has 0 aromatic heterocycles. The van der Waals surface area contributed by atoms with Crippen LogP contribution in [0.4, 0.5) is 20.2 Å². The van der Waals surface area contributed by atoms with Crippen LogP contribution < -0.4 is 10.2 Å². The summed E-state index contributed by atoms with van der Waals surface area (Å²) in [5.74, 6) is -3.06. The van der Waals surface area contributed by atoms with E-state index < -0.39 is 17.6 Å². The van der Waals surface area contributed by atoms with Crippen LogP contribution in [0.5, 0.6) is 0 Å². The van der Waals surface area contributed by atoms with Gasteiger partial charge in [0, 0.05) is 30.4 Å². The summed E-state index contributed by atoms with van der Waals surface area (Å²) < 4.78 is 26.1. The Bertz CT molecular complexity index is 790. The zero-order chi connectivity index (χ0) is 17.3. The summed E-state index contributed by atoms with van der Waals surface area (Å²) in [6.45, 7) is 2.21. The smallest absolute Gasteiger partial charge is 0.229 e. The molecular formula is C18H16F2N2O2. The minimum atomic E-state index is -1.03. The largest absolute Gasteiger partial charge is 0.326 e. The van der Waals surface area contributed by atoms with Crippen LogP contribution in [-0.4, -0.2) is 18.4 Å². The van der Waals surface area contributed by atoms with Gasteiger partial charge in [0.1, 0.15) is 0 Å². The van der Waals surface area contributed by atoms with Crippen LogP contribution in [0, 0.1) is 24.5 Å². The van der Waals surface area contributed by atoms with Crippen LogP contribution in [0.3, 0.4) is 0 Å². The van der Waals surface area contributed by atoms with Gasteiger partial charge in [0.25, 0.3) is 0 Å². The van der Waals surface area contributed by atoms with E-state index in [1.165, 1.54) is 6.07 Å². The fraction of sp³-hybridized carbons (Fsp3) is 0.222. The number of nitrogens with zero attached hydrogens (tertiary/aromatic N) is 1. The Morgan fingerprint density at radius 3 is 2.50 bits per heavy atom. The zero-order valence-electron chi connectivity index (χ0n) is 13.1. The van der Waals surface area contributed by atoms with Crippen molar-refractivity contribution in [2.45, 2.75) is 13.3 Å². The van der Waals surface area contributed by atoms with Crippen molar-refractivity contribution in [2.24, 2.45) is 5.92 Å². The molecule has 1 fully saturated rings. The molecule has 0 spiro atoms. The number of rotatable bonds is 3. The Balaban J connectivity index is 1.69. The molecule has 1 saturated heterocycles. The summed E-state index contributed by atoms with van der Waals surface area (Å²) in [5, 5.41) is 2.53. The summed E-state index contributed by atoms with van der Waals surface area (Å²) in [6.07, 6.45) is 0.0867. The highest BCUT2D eigenvalue weighted by Gasteiger charge is 2.35. The summed E-state index contributed by atoms with van der Waals surface area (Å²) in [6, 6.07) is 10.6. The molecule has 24 heavy (non-hydrogen) atoms. The first-order valence-electron chi connectivity index (χ1n) is 7.57. The molecule has 1 N–H and O–H groups in total. The van der Waals surface area contributed by atoms with Gasteiger partial charge >= 0.3 is 0 Å². The average molecular weight is 330 g/mol. The molecule has 2 aromatic carbocycles. The second kappa shape index (κ2) is 6.39. The number of halogens is 2. The predicted molar refractivity (Wildman–Crippen MR) is 86.6 cm³/mol. The minimum absolute atomic E-state index is 0.0867. The maximum atomic E-state index is 13.2. The normalized spacial score (nSPS) is 17.2. The van der Waals surface area contributed by atoms with E-state index in [4.69, 9.17) is 0 Å². The van der Waals surface area contributed by atoms with E-state index in [0.717, 1.165) is 23.4 Å². The van der Waals surface area contributed by atoms with Crippen molar-refractivity contribution < 1.29 is 18.4 Å². The molecule has 6 heteroatoms. The SMILES string of the molecule is Cc1ccc(N2C[C@@H](C(=O)Nc3ccc(F)c(F)c3)CC2=O)cc1. The molecule has 0 radical (unpaired) electrons. The van der Waals surface area contributed by atoms with Crippen LogP contribution >= 0.6 is 0 Å². The number of benzene rings is 2. The third-order valence-electron chi connectivity index (χ3n) is 4.03. The van der Waals surface area contributed by atoms with E-state index in [0.29, 0.717) is 0 Å². The fourth-order valence-corrected chi connectivity index (χ4v) is 2.68. The minimum Gasteiger partial charge on any atom is -0.326 e. The van der Waals surface area contributed by atoms with Gasteiger partial charge in [0.15, 0.2) is 11.6 Å². The summed E-state index contributed by atoms with van der Waals surface area (Å²) >= 11 is 0. The molecule has 4 nitrogen and oxygen atoms in total. The quantitative estimate of drug-likeness (QED) is 0.939. The van der Waals surface area contributed by atoms with Gasteiger partial charge < -0.3 is 10.2 Å². The van der Waals surface area contributed by atoms with E-state index in [2.05, 4.69) is 5.32 Å². The molecule has 124 valence electrons. The summed E-state index contributed by atoms with van der Waals surface area (Å²) in [4.78, 5) is 26.0. The molecule has 2 amide bonds. The Hall–Kier alpha value is -2.76. The van der Waals surface area contributed by atoms with E-state index >= 15 is 0 Å². The van der Waals surface area contributed by atoms with Crippen molar-refractivity contribution in [3.8, 4) is 0 Å². The van der Waals surface area contributed by atoms with Gasteiger partial charge in [-0.1, -0.05) is 17.7 Å². The Morgan fingerprint density at radius 1 is 1.12 bits per heavy atom. The molecule has 0 aliphatic carbocycles. The van der Waals surface area contributed by atoms with Crippen molar-refractivity contribution in [1.82, 2.24) is 0 Å². The number of nitrogens with one attached hydrogen (secondary N) is 1. The lowest BCUT2D eigenvalue weighted by molar-refractivity contribution is -0.122. The maximum Gasteiger partial charge on any atom is 0.229 e. The van der Waals surface area contributed by atoms with Crippen LogP contribution in [0.25, 0.3) is 0 Å². The highest BCUT2D eigenvalue weighted by atomic mass is 19.2. The van der Waals surface area contributed by atoms with Crippen LogP contribution in [0.2, 0.25) is 0 Å². The van der Waals surface area contributed by atoms with Crippen LogP contribution in [-0.2, 0) is 9.59 Å². The van der Waals surface area contributed by atoms with Gasteiger partial charge in [-0.2, -0.15) is 0 Å². The second-order valence-electron chi connectivity index (χ2n) is 5.86. The van der Waals surface area contributed by atoms with Crippen molar-refractivity contribution in [3.63, 3.8) is 0 Å². The number of hydrogen-bond acceptors (Lipinski definition) is 2. The first kappa shape index (κ1) is 16.1. The molecule has 3 rings (SSSR count). The number of anilines is 2. The van der Waals surface area contributed by atoms with Crippen molar-refractivity contribution >= 4 is 23.2 Å². The Labute approximate surface area is 138 Å². The van der Waals surface area contributed by atoms with E-state index in [1.807, 2.05) is 31.2 Å². The average Bonchev–Trinajstić information content (AvgIpc) is 2.94. The molecule has 0 saturated carbocycles. The van der Waals surface area contributed by atoms with Crippen molar-refractivity contribution in [3.05, 3.63) is 59.7 Å². The predicted octanol–water partition coefficient (Wildman–Crippen LogP) is 3.26. The number of amides is 2. The fourth-order valence-electron chi connectivity index (χ4n) is 2.68. The topological polar surface area (TPSA) is 49.4 Å². The van der Waals surface area contributed by atoms with Crippen LogP contribution in [0.1, 0.15) is 12.0 Å². The number of hydrogen-bond donors (Lipinski definition) is 1. The number of carbonyl (C=O) groups is 2. The molecule has 2 aromatic rings. The Kier molecular flexibility index (Phi) is 4.29. The lowest BCUT2D eigenvalue weighted by Crippen LogP contribution is -2.28. The lowest BCUT2D eigenvalue weighted by Gasteiger charge is -2.17. The van der Waals surface area contributed by atoms with Crippen LogP contribution in [0.15, 0.2) is 42.5 Å². The standard InChI is InChI=1S/C18H16F2N2O2/c1-11-2-5-14(6-3-11)22-10-12(8-17(22)23)18(24)21-13-4-7-15(19)16(20)9-13/h2-7,9,12H,8,10H2,1H3,(H,21,24)/t12-/m0/s1. The van der Waals surface area contributed by atoms with Crippen molar-refractivity contribution in [2.75, 3.05) is 16.8 Å². The highest BCUT2D eigenvalue weighted by molar-refractivity contribution is 6.03. The first-order chi connectivity index (χ1) is 11.4. The summed E-state index contributed by atoms with van der Waals surface area (Å²) in [5.41, 5.74) is 1.99. The van der Waals surface area contributed by atoms with E-state index in [1.54, 1.807) is 4.90 Å². The molecule has 1 aliphatic rings. The molecule has 1 atom stereocenters. The third kappa shape index (κ3) is 3.27. The van der Waals surface area contributed by atoms with Gasteiger partial charge in [-0.15, -0.1) is 0 Å². The van der Waals surface area contributed by atoms with E-state index in [9.17, 15) is 18.4 Å². The first-order valence-corrected chi connectivity index (χ1v) is 7.57. The molecular weight excluding hydrogens is 314 g/mol. The molecule has 0 unspecified atom stereocenters. The van der Waals surface area contributed by atoms with Gasteiger partial charge in [0.05, 0.1) is 5.92 Å². The van der Waals surface area contributed by atoms with Gasteiger partial charge in [0.2, 0.25) is 11.8 Å². The molecule has 1 heterocycles. The van der Waals surface area contributed by atoms with Gasteiger partial charge in [-0.3, -0.25) is 9.59 Å². The van der Waals surface area contributed by atoms with E-state index in [-0.39, 0.29) is 30.5 Å². The van der Waals surface area contributed by atoms with Gasteiger partial charge in [-0.05, 0) is 31.2 Å². The van der Waals surface area contributed by atoms with Crippen molar-refractivity contribution in [1.29, 1.82) is 0 Å². The molecule has 0 bridgehead atoms. The lowest BCUT2D eigenvalue weighted by atomic mass is 10.1. The third-order valence-corrected chi connectivity index (χ3v) is 4.03.